The molecule has 0 aliphatic carbocycles. The van der Waals surface area contributed by atoms with Crippen LogP contribution in [0.25, 0.3) is 0 Å². The van der Waals surface area contributed by atoms with Crippen LogP contribution in [0.15, 0.2) is 43.0 Å². The zero-order valence-corrected chi connectivity index (χ0v) is 12.4. The number of hydrogen-bond acceptors (Lipinski definition) is 3. The summed E-state index contributed by atoms with van der Waals surface area (Å²) in [6.07, 6.45) is 4.18. The van der Waals surface area contributed by atoms with Crippen molar-refractivity contribution in [3.8, 4) is 0 Å². The molecule has 2 amide bonds. The minimum absolute atomic E-state index is 0.178. The van der Waals surface area contributed by atoms with Crippen LogP contribution in [0, 0.1) is 0 Å². The lowest BCUT2D eigenvalue weighted by Gasteiger charge is -2.17. The third kappa shape index (κ3) is 5.48. The largest absolute Gasteiger partial charge is 0.351 e. The Hall–Kier alpha value is -1.75. The van der Waals surface area contributed by atoms with Gasteiger partial charge in [0.05, 0.1) is 0 Å². The molecule has 0 heterocycles. The fraction of sp³-hybridized carbons (Fsp3) is 0.333. The highest BCUT2D eigenvalue weighted by Crippen LogP contribution is 2.04. The van der Waals surface area contributed by atoms with Gasteiger partial charge >= 0.3 is 0 Å². The van der Waals surface area contributed by atoms with Crippen molar-refractivity contribution in [1.29, 1.82) is 0 Å². The maximum atomic E-state index is 12.1. The highest BCUT2D eigenvalue weighted by molar-refractivity contribution is 7.98. The molecule has 0 bridgehead atoms. The number of carbonyl (C=O) groups excluding carboxylic acids is 2. The quantitative estimate of drug-likeness (QED) is 0.719. The second-order valence-electron chi connectivity index (χ2n) is 4.21. The molecule has 0 saturated heterocycles. The molecule has 0 saturated carbocycles. The Morgan fingerprint density at radius 3 is 2.65 bits per heavy atom. The Morgan fingerprint density at radius 1 is 1.35 bits per heavy atom. The van der Waals surface area contributed by atoms with Gasteiger partial charge in [-0.25, -0.2) is 0 Å². The molecular formula is C15H20N2O2S. The fourth-order valence-corrected chi connectivity index (χ4v) is 2.10. The van der Waals surface area contributed by atoms with Gasteiger partial charge in [0.15, 0.2) is 0 Å². The van der Waals surface area contributed by atoms with Crippen LogP contribution in [0.2, 0.25) is 0 Å². The summed E-state index contributed by atoms with van der Waals surface area (Å²) in [5, 5.41) is 5.50. The van der Waals surface area contributed by atoms with Crippen LogP contribution in [-0.4, -0.2) is 36.4 Å². The predicted octanol–water partition coefficient (Wildman–Crippen LogP) is 1.84. The normalized spacial score (nSPS) is 11.4. The molecule has 20 heavy (non-hydrogen) atoms. The third-order valence-electron chi connectivity index (χ3n) is 2.69. The van der Waals surface area contributed by atoms with Crippen LogP contribution >= 0.6 is 11.8 Å². The van der Waals surface area contributed by atoms with Crippen molar-refractivity contribution in [2.75, 3.05) is 18.6 Å². The maximum absolute atomic E-state index is 12.1. The molecule has 0 fully saturated rings. The molecule has 0 radical (unpaired) electrons. The summed E-state index contributed by atoms with van der Waals surface area (Å²) in [4.78, 5) is 24.1. The molecule has 0 aromatic heterocycles. The van der Waals surface area contributed by atoms with Crippen molar-refractivity contribution in [2.45, 2.75) is 12.5 Å². The van der Waals surface area contributed by atoms with Crippen LogP contribution < -0.4 is 10.6 Å². The molecule has 2 N–H and O–H groups in total. The summed E-state index contributed by atoms with van der Waals surface area (Å²) in [6, 6.07) is 8.37. The Labute approximate surface area is 124 Å². The number of carbonyl (C=O) groups is 2. The first kappa shape index (κ1) is 16.3. The lowest BCUT2D eigenvalue weighted by atomic mass is 10.1. The van der Waals surface area contributed by atoms with Crippen molar-refractivity contribution in [3.05, 3.63) is 48.6 Å². The Kier molecular flexibility index (Phi) is 7.50. The monoisotopic (exact) mass is 292 g/mol. The van der Waals surface area contributed by atoms with E-state index in [1.165, 1.54) is 0 Å². The molecule has 1 rings (SSSR count). The van der Waals surface area contributed by atoms with E-state index in [0.717, 1.165) is 5.75 Å². The molecule has 1 aromatic rings. The summed E-state index contributed by atoms with van der Waals surface area (Å²) in [5.41, 5.74) is 0.554. The lowest BCUT2D eigenvalue weighted by molar-refractivity contribution is -0.122. The molecule has 1 atom stereocenters. The van der Waals surface area contributed by atoms with E-state index in [9.17, 15) is 9.59 Å². The van der Waals surface area contributed by atoms with Gasteiger partial charge in [0.1, 0.15) is 6.04 Å². The summed E-state index contributed by atoms with van der Waals surface area (Å²) >= 11 is 1.64. The topological polar surface area (TPSA) is 58.2 Å². The van der Waals surface area contributed by atoms with E-state index < -0.39 is 6.04 Å². The van der Waals surface area contributed by atoms with Gasteiger partial charge in [0, 0.05) is 12.1 Å². The van der Waals surface area contributed by atoms with Gasteiger partial charge in [-0.05, 0) is 30.6 Å². The van der Waals surface area contributed by atoms with E-state index in [-0.39, 0.29) is 11.8 Å². The zero-order chi connectivity index (χ0) is 14.8. The summed E-state index contributed by atoms with van der Waals surface area (Å²) in [7, 11) is 0. The van der Waals surface area contributed by atoms with Gasteiger partial charge in [-0.1, -0.05) is 24.3 Å². The minimum Gasteiger partial charge on any atom is -0.351 e. The van der Waals surface area contributed by atoms with Gasteiger partial charge in [-0.15, -0.1) is 6.58 Å². The number of amides is 2. The van der Waals surface area contributed by atoms with Gasteiger partial charge in [-0.3, -0.25) is 9.59 Å². The van der Waals surface area contributed by atoms with Crippen molar-refractivity contribution < 1.29 is 9.59 Å². The summed E-state index contributed by atoms with van der Waals surface area (Å²) in [6.45, 7) is 3.96. The number of thioether (sulfide) groups is 1. The van der Waals surface area contributed by atoms with Crippen LogP contribution in [0.4, 0.5) is 0 Å². The molecule has 4 nitrogen and oxygen atoms in total. The van der Waals surface area contributed by atoms with E-state index in [4.69, 9.17) is 0 Å². The van der Waals surface area contributed by atoms with E-state index >= 15 is 0 Å². The van der Waals surface area contributed by atoms with Crippen molar-refractivity contribution in [2.24, 2.45) is 0 Å². The number of nitrogens with one attached hydrogen (secondary N) is 2. The highest BCUT2D eigenvalue weighted by atomic mass is 32.2. The smallest absolute Gasteiger partial charge is 0.251 e. The van der Waals surface area contributed by atoms with Crippen LogP contribution in [0.1, 0.15) is 16.8 Å². The third-order valence-corrected chi connectivity index (χ3v) is 3.33. The van der Waals surface area contributed by atoms with E-state index in [0.29, 0.717) is 18.5 Å². The second kappa shape index (κ2) is 9.20. The molecular weight excluding hydrogens is 272 g/mol. The number of rotatable bonds is 8. The maximum Gasteiger partial charge on any atom is 0.251 e. The van der Waals surface area contributed by atoms with Gasteiger partial charge < -0.3 is 10.6 Å². The first-order chi connectivity index (χ1) is 9.69. The molecule has 0 spiro atoms. The Balaban J connectivity index is 2.66. The van der Waals surface area contributed by atoms with E-state index in [2.05, 4.69) is 17.2 Å². The SMILES string of the molecule is C=CCNC(=O)[C@@H](CCSC)NC(=O)c1ccccc1. The van der Waals surface area contributed by atoms with Crippen LogP contribution in [0.5, 0.6) is 0 Å². The summed E-state index contributed by atoms with van der Waals surface area (Å²) in [5.74, 6) is 0.398. The van der Waals surface area contributed by atoms with Crippen molar-refractivity contribution in [1.82, 2.24) is 10.6 Å². The Bertz CT molecular complexity index is 448. The zero-order valence-electron chi connectivity index (χ0n) is 11.6. The van der Waals surface area contributed by atoms with Gasteiger partial charge in [0.2, 0.25) is 5.91 Å². The second-order valence-corrected chi connectivity index (χ2v) is 5.19. The van der Waals surface area contributed by atoms with Gasteiger partial charge in [-0.2, -0.15) is 11.8 Å². The van der Waals surface area contributed by atoms with Crippen molar-refractivity contribution in [3.63, 3.8) is 0 Å². The number of benzene rings is 1. The molecule has 0 aliphatic heterocycles. The molecule has 108 valence electrons. The van der Waals surface area contributed by atoms with Gasteiger partial charge in [0.25, 0.3) is 5.91 Å². The first-order valence-electron chi connectivity index (χ1n) is 6.42. The van der Waals surface area contributed by atoms with E-state index in [1.54, 1.807) is 42.1 Å². The van der Waals surface area contributed by atoms with E-state index in [1.807, 2.05) is 12.3 Å². The number of hydrogen-bond donors (Lipinski definition) is 2. The fourth-order valence-electron chi connectivity index (χ4n) is 1.63. The summed E-state index contributed by atoms with van der Waals surface area (Å²) < 4.78 is 0. The first-order valence-corrected chi connectivity index (χ1v) is 7.82. The average molecular weight is 292 g/mol. The average Bonchev–Trinajstić information content (AvgIpc) is 2.49. The van der Waals surface area contributed by atoms with Crippen LogP contribution in [-0.2, 0) is 4.79 Å². The van der Waals surface area contributed by atoms with Crippen molar-refractivity contribution >= 4 is 23.6 Å². The minimum atomic E-state index is -0.518. The predicted molar refractivity (Wildman–Crippen MR) is 83.9 cm³/mol. The lowest BCUT2D eigenvalue weighted by Crippen LogP contribution is -2.47. The standard InChI is InChI=1S/C15H20N2O2S/c1-3-10-16-15(19)13(9-11-20-2)17-14(18)12-7-5-4-6-8-12/h3-8,13H,1,9-11H2,2H3,(H,16,19)(H,17,18)/t13-/m1/s1. The molecule has 5 heteroatoms. The molecule has 0 aliphatic rings. The highest BCUT2D eigenvalue weighted by Gasteiger charge is 2.20. The molecule has 1 aromatic carbocycles. The Morgan fingerprint density at radius 2 is 2.05 bits per heavy atom. The molecule has 0 unspecified atom stereocenters. The van der Waals surface area contributed by atoms with Crippen LogP contribution in [0.3, 0.4) is 0 Å².